The fourth-order valence-corrected chi connectivity index (χ4v) is 2.26. The summed E-state index contributed by atoms with van der Waals surface area (Å²) >= 11 is 0. The van der Waals surface area contributed by atoms with E-state index in [0.717, 1.165) is 25.7 Å². The predicted molar refractivity (Wildman–Crippen MR) is 61.5 cm³/mol. The van der Waals surface area contributed by atoms with Crippen LogP contribution in [-0.2, 0) is 0 Å². The molecule has 0 heterocycles. The summed E-state index contributed by atoms with van der Waals surface area (Å²) in [4.78, 5) is 0. The van der Waals surface area contributed by atoms with E-state index >= 15 is 0 Å². The van der Waals surface area contributed by atoms with Crippen molar-refractivity contribution in [2.45, 2.75) is 37.6 Å². The van der Waals surface area contributed by atoms with E-state index in [1.54, 1.807) is 12.1 Å². The van der Waals surface area contributed by atoms with Gasteiger partial charge in [-0.2, -0.15) is 5.26 Å². The number of halogens is 1. The molecule has 0 aliphatic heterocycles. The first kappa shape index (κ1) is 10.9. The summed E-state index contributed by atoms with van der Waals surface area (Å²) in [7, 11) is 0. The molecule has 1 aromatic rings. The van der Waals surface area contributed by atoms with Gasteiger partial charge in [0.15, 0.2) is 0 Å². The average molecular weight is 218 g/mol. The first-order chi connectivity index (χ1) is 7.74. The third-order valence-corrected chi connectivity index (χ3v) is 3.13. The molecule has 16 heavy (non-hydrogen) atoms. The second-order valence-corrected chi connectivity index (χ2v) is 4.39. The van der Waals surface area contributed by atoms with E-state index in [9.17, 15) is 9.65 Å². The zero-order valence-electron chi connectivity index (χ0n) is 9.17. The minimum atomic E-state index is -0.494. The molecule has 0 bridgehead atoms. The van der Waals surface area contributed by atoms with Crippen LogP contribution in [0.2, 0.25) is 0 Å². The monoisotopic (exact) mass is 218 g/mol. The molecule has 0 amide bonds. The number of hydrogen-bond donors (Lipinski definition) is 1. The molecule has 1 aromatic carbocycles. The Balaban J connectivity index is 2.15. The Morgan fingerprint density at radius 1 is 1.25 bits per heavy atom. The summed E-state index contributed by atoms with van der Waals surface area (Å²) in [5.41, 5.74) is 0.204. The normalized spacial score (nSPS) is 18.8. The Morgan fingerprint density at radius 2 is 2.00 bits per heavy atom. The van der Waals surface area contributed by atoms with E-state index in [2.05, 4.69) is 11.4 Å². The molecule has 1 saturated carbocycles. The third-order valence-electron chi connectivity index (χ3n) is 3.13. The van der Waals surface area contributed by atoms with E-state index in [1.165, 1.54) is 18.6 Å². The Hall–Kier alpha value is -1.56. The van der Waals surface area contributed by atoms with Gasteiger partial charge in [-0.1, -0.05) is 25.3 Å². The lowest BCUT2D eigenvalue weighted by Crippen LogP contribution is -2.38. The molecule has 1 aliphatic rings. The Morgan fingerprint density at radius 3 is 2.62 bits per heavy atom. The highest BCUT2D eigenvalue weighted by atomic mass is 19.1. The minimum Gasteiger partial charge on any atom is -0.367 e. The number of nitriles is 1. The van der Waals surface area contributed by atoms with Crippen LogP contribution in [0.15, 0.2) is 24.3 Å². The molecule has 0 radical (unpaired) electrons. The van der Waals surface area contributed by atoms with Crippen molar-refractivity contribution in [3.05, 3.63) is 30.1 Å². The van der Waals surface area contributed by atoms with Gasteiger partial charge in [-0.15, -0.1) is 0 Å². The van der Waals surface area contributed by atoms with Gasteiger partial charge in [-0.05, 0) is 31.0 Å². The van der Waals surface area contributed by atoms with Crippen molar-refractivity contribution in [3.63, 3.8) is 0 Å². The largest absolute Gasteiger partial charge is 0.367 e. The predicted octanol–water partition coefficient (Wildman–Crippen LogP) is 3.46. The number of nitrogens with one attached hydrogen (secondary N) is 1. The summed E-state index contributed by atoms with van der Waals surface area (Å²) in [6.07, 6.45) is 5.01. The molecule has 0 spiro atoms. The maximum absolute atomic E-state index is 13.0. The fourth-order valence-electron chi connectivity index (χ4n) is 2.26. The van der Waals surface area contributed by atoms with Crippen molar-refractivity contribution in [1.82, 2.24) is 0 Å². The molecule has 1 aliphatic carbocycles. The SMILES string of the molecule is N#CC1(Nc2cccc(F)c2)CCCCC1. The zero-order chi connectivity index (χ0) is 11.4. The number of benzene rings is 1. The number of rotatable bonds is 2. The van der Waals surface area contributed by atoms with Gasteiger partial charge < -0.3 is 5.32 Å². The minimum absolute atomic E-state index is 0.270. The average Bonchev–Trinajstić information content (AvgIpc) is 2.30. The molecule has 2 rings (SSSR count). The summed E-state index contributed by atoms with van der Waals surface area (Å²) in [5, 5.41) is 12.4. The van der Waals surface area contributed by atoms with Crippen molar-refractivity contribution in [2.24, 2.45) is 0 Å². The maximum Gasteiger partial charge on any atom is 0.125 e. The van der Waals surface area contributed by atoms with E-state index in [4.69, 9.17) is 0 Å². The standard InChI is InChI=1S/C13H15FN2/c14-11-5-4-6-12(9-11)16-13(10-15)7-2-1-3-8-13/h4-6,9,16H,1-3,7-8H2. The number of hydrogen-bond acceptors (Lipinski definition) is 2. The van der Waals surface area contributed by atoms with Crippen LogP contribution in [0.4, 0.5) is 10.1 Å². The van der Waals surface area contributed by atoms with Gasteiger partial charge in [0.05, 0.1) is 6.07 Å². The lowest BCUT2D eigenvalue weighted by Gasteiger charge is -2.32. The summed E-state index contributed by atoms with van der Waals surface area (Å²) < 4.78 is 13.0. The number of anilines is 1. The Bertz CT molecular complexity index is 403. The van der Waals surface area contributed by atoms with Crippen molar-refractivity contribution in [3.8, 4) is 6.07 Å². The molecule has 0 atom stereocenters. The van der Waals surface area contributed by atoms with Gasteiger partial charge in [0.25, 0.3) is 0 Å². The van der Waals surface area contributed by atoms with Crippen molar-refractivity contribution < 1.29 is 4.39 Å². The van der Waals surface area contributed by atoms with Crippen molar-refractivity contribution >= 4 is 5.69 Å². The highest BCUT2D eigenvalue weighted by molar-refractivity contribution is 5.48. The summed E-state index contributed by atoms with van der Waals surface area (Å²) in [6, 6.07) is 8.66. The quantitative estimate of drug-likeness (QED) is 0.825. The van der Waals surface area contributed by atoms with E-state index in [0.29, 0.717) is 5.69 Å². The van der Waals surface area contributed by atoms with E-state index < -0.39 is 5.54 Å². The van der Waals surface area contributed by atoms with Crippen molar-refractivity contribution in [2.75, 3.05) is 5.32 Å². The van der Waals surface area contributed by atoms with Crippen LogP contribution in [0.3, 0.4) is 0 Å². The first-order valence-electron chi connectivity index (χ1n) is 5.69. The molecule has 0 aromatic heterocycles. The topological polar surface area (TPSA) is 35.8 Å². The van der Waals surface area contributed by atoms with Gasteiger partial charge in [0.2, 0.25) is 0 Å². The molecule has 1 fully saturated rings. The molecule has 1 N–H and O–H groups in total. The Labute approximate surface area is 95.1 Å². The molecular formula is C13H15FN2. The van der Waals surface area contributed by atoms with Crippen LogP contribution in [0, 0.1) is 17.1 Å². The summed E-state index contributed by atoms with van der Waals surface area (Å²) in [5.74, 6) is -0.270. The first-order valence-corrected chi connectivity index (χ1v) is 5.69. The van der Waals surface area contributed by atoms with Gasteiger partial charge in [0, 0.05) is 5.69 Å². The van der Waals surface area contributed by atoms with Gasteiger partial charge in [-0.3, -0.25) is 0 Å². The maximum atomic E-state index is 13.0. The molecule has 0 saturated heterocycles. The van der Waals surface area contributed by atoms with Crippen LogP contribution in [0.5, 0.6) is 0 Å². The van der Waals surface area contributed by atoms with Gasteiger partial charge in [-0.25, -0.2) is 4.39 Å². The molecule has 0 unspecified atom stereocenters. The van der Waals surface area contributed by atoms with Crippen LogP contribution >= 0.6 is 0 Å². The van der Waals surface area contributed by atoms with Crippen LogP contribution in [-0.4, -0.2) is 5.54 Å². The molecule has 2 nitrogen and oxygen atoms in total. The molecule has 3 heteroatoms. The van der Waals surface area contributed by atoms with E-state index in [1.807, 2.05) is 0 Å². The van der Waals surface area contributed by atoms with Crippen LogP contribution in [0.1, 0.15) is 32.1 Å². The zero-order valence-corrected chi connectivity index (χ0v) is 9.17. The second-order valence-electron chi connectivity index (χ2n) is 4.39. The second kappa shape index (κ2) is 4.52. The van der Waals surface area contributed by atoms with E-state index in [-0.39, 0.29) is 5.82 Å². The summed E-state index contributed by atoms with van der Waals surface area (Å²) in [6.45, 7) is 0. The van der Waals surface area contributed by atoms with Crippen LogP contribution in [0.25, 0.3) is 0 Å². The lowest BCUT2D eigenvalue weighted by atomic mass is 9.82. The van der Waals surface area contributed by atoms with Crippen LogP contribution < -0.4 is 5.32 Å². The van der Waals surface area contributed by atoms with Gasteiger partial charge in [0.1, 0.15) is 11.4 Å². The molecule has 84 valence electrons. The van der Waals surface area contributed by atoms with Crippen molar-refractivity contribution in [1.29, 1.82) is 5.26 Å². The fraction of sp³-hybridized carbons (Fsp3) is 0.462. The third kappa shape index (κ3) is 2.33. The highest BCUT2D eigenvalue weighted by Gasteiger charge is 2.31. The Kier molecular flexibility index (Phi) is 3.09. The van der Waals surface area contributed by atoms with Gasteiger partial charge >= 0.3 is 0 Å². The lowest BCUT2D eigenvalue weighted by molar-refractivity contribution is 0.392. The smallest absolute Gasteiger partial charge is 0.125 e. The molecular weight excluding hydrogens is 203 g/mol. The highest BCUT2D eigenvalue weighted by Crippen LogP contribution is 2.31. The number of nitrogens with zero attached hydrogens (tertiary/aromatic N) is 1.